The highest BCUT2D eigenvalue weighted by molar-refractivity contribution is 5.03. The molecule has 0 aromatic carbocycles. The molecule has 1 fully saturated rings. The molecular weight excluding hydrogens is 348 g/mol. The third kappa shape index (κ3) is 10.8. The van der Waals surface area contributed by atoms with Crippen LogP contribution in [0.15, 0.2) is 23.8 Å². The van der Waals surface area contributed by atoms with Gasteiger partial charge >= 0.3 is 0 Å². The average Bonchev–Trinajstić information content (AvgIpc) is 2.70. The van der Waals surface area contributed by atoms with Crippen molar-refractivity contribution in [3.63, 3.8) is 0 Å². The summed E-state index contributed by atoms with van der Waals surface area (Å²) in [6, 6.07) is 0. The zero-order chi connectivity index (χ0) is 20.9. The highest BCUT2D eigenvalue weighted by atomic mass is 16.5. The van der Waals surface area contributed by atoms with E-state index in [1.807, 2.05) is 0 Å². The van der Waals surface area contributed by atoms with Gasteiger partial charge < -0.3 is 14.2 Å². The lowest BCUT2D eigenvalue weighted by atomic mass is 9.98. The molecule has 0 radical (unpaired) electrons. The van der Waals surface area contributed by atoms with Crippen LogP contribution in [0.5, 0.6) is 0 Å². The minimum absolute atomic E-state index is 0.463. The maximum atomic E-state index is 5.54. The molecule has 0 saturated carbocycles. The van der Waals surface area contributed by atoms with Gasteiger partial charge in [0.15, 0.2) is 0 Å². The normalized spacial score (nSPS) is 27.6. The minimum Gasteiger partial charge on any atom is -0.378 e. The summed E-state index contributed by atoms with van der Waals surface area (Å²) in [5.41, 5.74) is 1.48. The molecule has 0 aromatic heterocycles. The van der Waals surface area contributed by atoms with Gasteiger partial charge in [-0.25, -0.2) is 0 Å². The Balaban J connectivity index is 0.000000210. The maximum absolute atomic E-state index is 5.54. The first-order chi connectivity index (χ1) is 13.3. The van der Waals surface area contributed by atoms with Crippen molar-refractivity contribution in [3.8, 4) is 0 Å². The predicted molar refractivity (Wildman–Crippen MR) is 120 cm³/mol. The molecule has 0 aromatic rings. The van der Waals surface area contributed by atoms with Crippen LogP contribution in [-0.2, 0) is 14.2 Å². The molecule has 0 bridgehead atoms. The molecule has 3 heterocycles. The molecule has 28 heavy (non-hydrogen) atoms. The van der Waals surface area contributed by atoms with E-state index in [9.17, 15) is 0 Å². The smallest absolute Gasteiger partial charge is 0.0654 e. The van der Waals surface area contributed by atoms with Gasteiger partial charge in [0, 0.05) is 6.61 Å². The van der Waals surface area contributed by atoms with E-state index in [1.165, 1.54) is 24.8 Å². The molecule has 3 atom stereocenters. The first kappa shape index (κ1) is 25.4. The van der Waals surface area contributed by atoms with Crippen LogP contribution in [0.3, 0.4) is 0 Å². The zero-order valence-electron chi connectivity index (χ0n) is 19.6. The second kappa shape index (κ2) is 14.4. The summed E-state index contributed by atoms with van der Waals surface area (Å²) >= 11 is 0. The Bertz CT molecular complexity index is 445. The van der Waals surface area contributed by atoms with E-state index >= 15 is 0 Å². The first-order valence-electron chi connectivity index (χ1n) is 11.5. The number of ether oxygens (including phenoxy) is 3. The Morgan fingerprint density at radius 2 is 1.39 bits per heavy atom. The molecule has 3 aliphatic rings. The summed E-state index contributed by atoms with van der Waals surface area (Å²) in [5.74, 6) is 2.03. The van der Waals surface area contributed by atoms with E-state index in [0.717, 1.165) is 32.7 Å². The van der Waals surface area contributed by atoms with E-state index in [4.69, 9.17) is 14.2 Å². The van der Waals surface area contributed by atoms with Gasteiger partial charge in [0.2, 0.25) is 0 Å². The molecule has 0 aliphatic carbocycles. The summed E-state index contributed by atoms with van der Waals surface area (Å²) in [6.45, 7) is 18.1. The van der Waals surface area contributed by atoms with Gasteiger partial charge in [-0.1, -0.05) is 65.3 Å². The van der Waals surface area contributed by atoms with Crippen LogP contribution in [0.1, 0.15) is 80.6 Å². The van der Waals surface area contributed by atoms with Crippen molar-refractivity contribution < 1.29 is 14.2 Å². The Morgan fingerprint density at radius 1 is 0.750 bits per heavy atom. The van der Waals surface area contributed by atoms with Gasteiger partial charge in [-0.05, 0) is 56.8 Å². The standard InChI is InChI=1S/C9H16O.C8H16O.C8H14O/c1-7(2)9-6-8(3)4-5-10-9;2*1-7(2)8-5-3-4-6-9-8/h4,7,9H,5-6H2,1-3H3;7-8H,3-6H2,1-2H3;3-4,7-8H,5-6H2,1-2H3. The lowest BCUT2D eigenvalue weighted by Crippen LogP contribution is -2.24. The van der Waals surface area contributed by atoms with E-state index in [2.05, 4.69) is 66.7 Å². The Hall–Kier alpha value is -0.640. The van der Waals surface area contributed by atoms with Gasteiger partial charge in [-0.2, -0.15) is 0 Å². The van der Waals surface area contributed by atoms with Gasteiger partial charge in [0.1, 0.15) is 0 Å². The van der Waals surface area contributed by atoms with Crippen LogP contribution < -0.4 is 0 Å². The first-order valence-corrected chi connectivity index (χ1v) is 11.5. The fraction of sp³-hybridized carbons (Fsp3) is 0.840. The van der Waals surface area contributed by atoms with Crippen LogP contribution in [0.2, 0.25) is 0 Å². The van der Waals surface area contributed by atoms with E-state index in [0.29, 0.717) is 36.1 Å². The topological polar surface area (TPSA) is 27.7 Å². The Kier molecular flexibility index (Phi) is 13.0. The maximum Gasteiger partial charge on any atom is 0.0654 e. The Labute approximate surface area is 174 Å². The summed E-state index contributed by atoms with van der Waals surface area (Å²) in [6.07, 6.45) is 14.1. The second-order valence-electron chi connectivity index (χ2n) is 9.34. The molecule has 3 unspecified atom stereocenters. The van der Waals surface area contributed by atoms with Gasteiger partial charge in [0.05, 0.1) is 31.5 Å². The SMILES string of the molecule is CC(C)C1CC=CCO1.CC(C)C1CCCCO1.CC1=CCOC(C(C)C)C1. The summed E-state index contributed by atoms with van der Waals surface area (Å²) in [4.78, 5) is 0. The van der Waals surface area contributed by atoms with Crippen LogP contribution in [0.25, 0.3) is 0 Å². The highest BCUT2D eigenvalue weighted by Gasteiger charge is 2.17. The molecule has 164 valence electrons. The summed E-state index contributed by atoms with van der Waals surface area (Å²) in [7, 11) is 0. The largest absolute Gasteiger partial charge is 0.378 e. The van der Waals surface area contributed by atoms with Crippen LogP contribution in [0, 0.1) is 17.8 Å². The lowest BCUT2D eigenvalue weighted by molar-refractivity contribution is -0.0115. The van der Waals surface area contributed by atoms with Crippen molar-refractivity contribution in [1.29, 1.82) is 0 Å². The zero-order valence-corrected chi connectivity index (χ0v) is 19.6. The van der Waals surface area contributed by atoms with E-state index in [1.54, 1.807) is 0 Å². The van der Waals surface area contributed by atoms with Gasteiger partial charge in [-0.3, -0.25) is 0 Å². The van der Waals surface area contributed by atoms with Gasteiger partial charge in [0.25, 0.3) is 0 Å². The van der Waals surface area contributed by atoms with Crippen molar-refractivity contribution in [1.82, 2.24) is 0 Å². The molecular formula is C25H46O3. The molecule has 0 amide bonds. The van der Waals surface area contributed by atoms with Crippen molar-refractivity contribution in [2.24, 2.45) is 17.8 Å². The van der Waals surface area contributed by atoms with Crippen molar-refractivity contribution in [2.75, 3.05) is 19.8 Å². The van der Waals surface area contributed by atoms with Crippen molar-refractivity contribution in [2.45, 2.75) is 98.9 Å². The molecule has 3 nitrogen and oxygen atoms in total. The van der Waals surface area contributed by atoms with Crippen LogP contribution >= 0.6 is 0 Å². The molecule has 3 heteroatoms. The third-order valence-electron chi connectivity index (χ3n) is 5.65. The third-order valence-corrected chi connectivity index (χ3v) is 5.65. The lowest BCUT2D eigenvalue weighted by Gasteiger charge is -2.25. The summed E-state index contributed by atoms with van der Waals surface area (Å²) < 4.78 is 16.5. The van der Waals surface area contributed by atoms with Gasteiger partial charge in [-0.15, -0.1) is 0 Å². The molecule has 3 aliphatic heterocycles. The van der Waals surface area contributed by atoms with E-state index < -0.39 is 0 Å². The molecule has 1 saturated heterocycles. The van der Waals surface area contributed by atoms with Crippen molar-refractivity contribution >= 4 is 0 Å². The molecule has 3 rings (SSSR count). The fourth-order valence-corrected chi connectivity index (χ4v) is 3.50. The molecule has 0 spiro atoms. The van der Waals surface area contributed by atoms with Crippen molar-refractivity contribution in [3.05, 3.63) is 23.8 Å². The number of hydrogen-bond donors (Lipinski definition) is 0. The number of hydrogen-bond acceptors (Lipinski definition) is 3. The minimum atomic E-state index is 0.463. The quantitative estimate of drug-likeness (QED) is 0.506. The average molecular weight is 395 g/mol. The Morgan fingerprint density at radius 3 is 1.75 bits per heavy atom. The summed E-state index contributed by atoms with van der Waals surface area (Å²) in [5, 5.41) is 0. The predicted octanol–water partition coefficient (Wildman–Crippen LogP) is 6.58. The fourth-order valence-electron chi connectivity index (χ4n) is 3.50. The molecule has 0 N–H and O–H groups in total. The van der Waals surface area contributed by atoms with E-state index in [-0.39, 0.29) is 0 Å². The van der Waals surface area contributed by atoms with Crippen LogP contribution in [0.4, 0.5) is 0 Å². The second-order valence-corrected chi connectivity index (χ2v) is 9.34. The highest BCUT2D eigenvalue weighted by Crippen LogP contribution is 2.20. The number of rotatable bonds is 3. The monoisotopic (exact) mass is 394 g/mol. The van der Waals surface area contributed by atoms with Crippen LogP contribution in [-0.4, -0.2) is 38.1 Å².